The van der Waals surface area contributed by atoms with Crippen LogP contribution in [0.1, 0.15) is 20.8 Å². The van der Waals surface area contributed by atoms with Crippen LogP contribution in [0.5, 0.6) is 0 Å². The zero-order valence-electron chi connectivity index (χ0n) is 13.7. The van der Waals surface area contributed by atoms with Crippen molar-refractivity contribution < 1.29 is 9.53 Å². The van der Waals surface area contributed by atoms with E-state index in [1.807, 2.05) is 32.9 Å². The van der Waals surface area contributed by atoms with E-state index in [2.05, 4.69) is 20.1 Å². The molecule has 3 rings (SSSR count). The number of pyridine rings is 1. The first kappa shape index (κ1) is 15.5. The predicted molar refractivity (Wildman–Crippen MR) is 87.4 cm³/mol. The Bertz CT molecular complexity index is 700. The number of nitrogens with zero attached hydrogens (tertiary/aromatic N) is 5. The van der Waals surface area contributed by atoms with Gasteiger partial charge in [-0.3, -0.25) is 4.98 Å². The third kappa shape index (κ3) is 3.49. The minimum atomic E-state index is -0.473. The van der Waals surface area contributed by atoms with E-state index in [4.69, 9.17) is 4.74 Å². The van der Waals surface area contributed by atoms with Gasteiger partial charge in [-0.05, 0) is 32.9 Å². The van der Waals surface area contributed by atoms with Crippen molar-refractivity contribution in [2.24, 2.45) is 0 Å². The van der Waals surface area contributed by atoms with E-state index in [9.17, 15) is 4.79 Å². The summed E-state index contributed by atoms with van der Waals surface area (Å²) in [5.41, 5.74) is 0.368. The summed E-state index contributed by atoms with van der Waals surface area (Å²) in [7, 11) is 0. The molecular formula is C16H21N5O2. The van der Waals surface area contributed by atoms with Gasteiger partial charge in [0.05, 0.1) is 6.20 Å². The molecule has 7 heteroatoms. The lowest BCUT2D eigenvalue weighted by atomic mass is 10.2. The molecule has 0 unspecified atom stereocenters. The van der Waals surface area contributed by atoms with Gasteiger partial charge in [0.15, 0.2) is 5.82 Å². The Morgan fingerprint density at radius 2 is 1.96 bits per heavy atom. The standard InChI is InChI=1S/C16H21N5O2/c1-16(2,3)23-15(22)21-9-7-20(8-10-21)14-13-12(11-18-19-14)5-4-6-17-13/h4-6,11H,7-10H2,1-3H3. The molecule has 122 valence electrons. The topological polar surface area (TPSA) is 71.5 Å². The second kappa shape index (κ2) is 5.98. The number of ether oxygens (including phenoxy) is 1. The molecule has 23 heavy (non-hydrogen) atoms. The van der Waals surface area contributed by atoms with E-state index in [1.165, 1.54) is 0 Å². The number of piperazine rings is 1. The molecule has 1 amide bonds. The summed E-state index contributed by atoms with van der Waals surface area (Å²) in [5, 5.41) is 9.26. The lowest BCUT2D eigenvalue weighted by Crippen LogP contribution is -2.50. The number of carbonyl (C=O) groups is 1. The second-order valence-electron chi connectivity index (χ2n) is 6.56. The third-order valence-electron chi connectivity index (χ3n) is 3.63. The van der Waals surface area contributed by atoms with Crippen LogP contribution in [-0.4, -0.2) is 58.0 Å². The molecule has 2 aromatic heterocycles. The first-order valence-electron chi connectivity index (χ1n) is 7.73. The van der Waals surface area contributed by atoms with Crippen LogP contribution in [0.4, 0.5) is 10.6 Å². The Morgan fingerprint density at radius 1 is 1.22 bits per heavy atom. The fourth-order valence-electron chi connectivity index (χ4n) is 2.54. The monoisotopic (exact) mass is 315 g/mol. The SMILES string of the molecule is CC(C)(C)OC(=O)N1CCN(c2nncc3cccnc23)CC1. The summed E-state index contributed by atoms with van der Waals surface area (Å²) in [6, 6.07) is 3.85. The van der Waals surface area contributed by atoms with Gasteiger partial charge in [-0.15, -0.1) is 5.10 Å². The largest absolute Gasteiger partial charge is 0.444 e. The van der Waals surface area contributed by atoms with E-state index < -0.39 is 5.60 Å². The van der Waals surface area contributed by atoms with Crippen molar-refractivity contribution in [3.63, 3.8) is 0 Å². The minimum Gasteiger partial charge on any atom is -0.444 e. The smallest absolute Gasteiger partial charge is 0.410 e. The van der Waals surface area contributed by atoms with Gasteiger partial charge in [0.25, 0.3) is 0 Å². The summed E-state index contributed by atoms with van der Waals surface area (Å²) < 4.78 is 5.42. The molecule has 0 saturated carbocycles. The van der Waals surface area contributed by atoms with Gasteiger partial charge >= 0.3 is 6.09 Å². The highest BCUT2D eigenvalue weighted by molar-refractivity contribution is 5.87. The summed E-state index contributed by atoms with van der Waals surface area (Å²) in [6.07, 6.45) is 3.20. The molecular weight excluding hydrogens is 294 g/mol. The molecule has 0 bridgehead atoms. The molecule has 0 aromatic carbocycles. The lowest BCUT2D eigenvalue weighted by molar-refractivity contribution is 0.0240. The van der Waals surface area contributed by atoms with E-state index in [0.29, 0.717) is 26.2 Å². The predicted octanol–water partition coefficient (Wildman–Crippen LogP) is 2.08. The molecule has 1 fully saturated rings. The number of hydrogen-bond acceptors (Lipinski definition) is 6. The van der Waals surface area contributed by atoms with Crippen molar-refractivity contribution in [1.29, 1.82) is 0 Å². The fraction of sp³-hybridized carbons (Fsp3) is 0.500. The average Bonchev–Trinajstić information content (AvgIpc) is 2.53. The van der Waals surface area contributed by atoms with Crippen LogP contribution in [0.15, 0.2) is 24.5 Å². The normalized spacial score (nSPS) is 15.8. The van der Waals surface area contributed by atoms with Crippen LogP contribution in [0, 0.1) is 0 Å². The molecule has 1 aliphatic rings. The van der Waals surface area contributed by atoms with Crippen LogP contribution in [0.2, 0.25) is 0 Å². The Hall–Kier alpha value is -2.44. The minimum absolute atomic E-state index is 0.265. The van der Waals surface area contributed by atoms with E-state index in [-0.39, 0.29) is 6.09 Å². The van der Waals surface area contributed by atoms with Crippen LogP contribution < -0.4 is 4.90 Å². The lowest BCUT2D eigenvalue weighted by Gasteiger charge is -2.36. The molecule has 0 radical (unpaired) electrons. The van der Waals surface area contributed by atoms with Gasteiger partial charge in [0.2, 0.25) is 0 Å². The number of anilines is 1. The number of amides is 1. The zero-order valence-corrected chi connectivity index (χ0v) is 13.7. The van der Waals surface area contributed by atoms with Crippen LogP contribution >= 0.6 is 0 Å². The zero-order chi connectivity index (χ0) is 16.4. The van der Waals surface area contributed by atoms with E-state index in [0.717, 1.165) is 16.7 Å². The third-order valence-corrected chi connectivity index (χ3v) is 3.63. The molecule has 1 saturated heterocycles. The molecule has 0 atom stereocenters. The summed E-state index contributed by atoms with van der Waals surface area (Å²) in [5.74, 6) is 0.770. The Morgan fingerprint density at radius 3 is 2.65 bits per heavy atom. The number of hydrogen-bond donors (Lipinski definition) is 0. The van der Waals surface area contributed by atoms with Crippen molar-refractivity contribution in [2.75, 3.05) is 31.1 Å². The fourth-order valence-corrected chi connectivity index (χ4v) is 2.54. The summed E-state index contributed by atoms with van der Waals surface area (Å²) >= 11 is 0. The number of rotatable bonds is 1. The van der Waals surface area contributed by atoms with Crippen molar-refractivity contribution in [2.45, 2.75) is 26.4 Å². The Balaban J connectivity index is 1.70. The maximum Gasteiger partial charge on any atom is 0.410 e. The average molecular weight is 315 g/mol. The van der Waals surface area contributed by atoms with Gasteiger partial charge < -0.3 is 14.5 Å². The van der Waals surface area contributed by atoms with Gasteiger partial charge in [-0.2, -0.15) is 5.10 Å². The van der Waals surface area contributed by atoms with Crippen molar-refractivity contribution >= 4 is 22.8 Å². The second-order valence-corrected chi connectivity index (χ2v) is 6.56. The molecule has 7 nitrogen and oxygen atoms in total. The molecule has 0 N–H and O–H groups in total. The van der Waals surface area contributed by atoms with Gasteiger partial charge in [-0.1, -0.05) is 0 Å². The van der Waals surface area contributed by atoms with Crippen molar-refractivity contribution in [3.05, 3.63) is 24.5 Å². The quantitative estimate of drug-likeness (QED) is 0.802. The molecule has 0 aliphatic carbocycles. The first-order valence-corrected chi connectivity index (χ1v) is 7.73. The Kier molecular flexibility index (Phi) is 4.02. The highest BCUT2D eigenvalue weighted by atomic mass is 16.6. The maximum absolute atomic E-state index is 12.1. The first-order chi connectivity index (χ1) is 10.9. The van der Waals surface area contributed by atoms with Gasteiger partial charge in [-0.25, -0.2) is 4.79 Å². The Labute approximate surface area is 135 Å². The van der Waals surface area contributed by atoms with E-state index >= 15 is 0 Å². The van der Waals surface area contributed by atoms with Crippen LogP contribution in [0.25, 0.3) is 10.9 Å². The molecule has 0 spiro atoms. The molecule has 1 aliphatic heterocycles. The van der Waals surface area contributed by atoms with Crippen LogP contribution in [-0.2, 0) is 4.74 Å². The van der Waals surface area contributed by atoms with Gasteiger partial charge in [0, 0.05) is 37.8 Å². The van der Waals surface area contributed by atoms with Crippen molar-refractivity contribution in [1.82, 2.24) is 20.1 Å². The molecule has 2 aromatic rings. The van der Waals surface area contributed by atoms with Gasteiger partial charge in [0.1, 0.15) is 11.1 Å². The number of aromatic nitrogens is 3. The van der Waals surface area contributed by atoms with Crippen molar-refractivity contribution in [3.8, 4) is 0 Å². The van der Waals surface area contributed by atoms with E-state index in [1.54, 1.807) is 17.3 Å². The summed E-state index contributed by atoms with van der Waals surface area (Å²) in [4.78, 5) is 20.4. The highest BCUT2D eigenvalue weighted by Crippen LogP contribution is 2.22. The highest BCUT2D eigenvalue weighted by Gasteiger charge is 2.27. The molecule has 3 heterocycles. The summed E-state index contributed by atoms with van der Waals surface area (Å²) in [6.45, 7) is 8.18. The number of carbonyl (C=O) groups excluding carboxylic acids is 1. The number of fused-ring (bicyclic) bond motifs is 1. The maximum atomic E-state index is 12.1. The van der Waals surface area contributed by atoms with Crippen LogP contribution in [0.3, 0.4) is 0 Å².